The number of ether oxygens (including phenoxy) is 2. The van der Waals surface area contributed by atoms with Gasteiger partial charge in [0, 0.05) is 29.6 Å². The monoisotopic (exact) mass is 463 g/mol. The summed E-state index contributed by atoms with van der Waals surface area (Å²) in [4.78, 5) is 17.8. The summed E-state index contributed by atoms with van der Waals surface area (Å²) in [6, 6.07) is 13.0. The highest BCUT2D eigenvalue weighted by molar-refractivity contribution is 6.10. The van der Waals surface area contributed by atoms with E-state index < -0.39 is 0 Å². The zero-order valence-corrected chi connectivity index (χ0v) is 20.7. The van der Waals surface area contributed by atoms with Gasteiger partial charge in [-0.1, -0.05) is 12.1 Å². The van der Waals surface area contributed by atoms with E-state index in [0.717, 1.165) is 28.2 Å². The van der Waals surface area contributed by atoms with Gasteiger partial charge in [0.15, 0.2) is 11.5 Å². The lowest BCUT2D eigenvalue weighted by atomic mass is 10.2. The predicted octanol–water partition coefficient (Wildman–Crippen LogP) is 4.54. The first-order valence-electron chi connectivity index (χ1n) is 11.4. The van der Waals surface area contributed by atoms with Crippen molar-refractivity contribution in [2.75, 3.05) is 18.5 Å². The van der Waals surface area contributed by atoms with Crippen molar-refractivity contribution in [3.8, 4) is 11.5 Å². The molecule has 0 saturated heterocycles. The van der Waals surface area contributed by atoms with Crippen molar-refractivity contribution in [3.63, 3.8) is 0 Å². The lowest BCUT2D eigenvalue weighted by Gasteiger charge is -2.14. The number of nitrogens with zero attached hydrogens (tertiary/aromatic N) is 3. The summed E-state index contributed by atoms with van der Waals surface area (Å²) in [7, 11) is 1.91. The van der Waals surface area contributed by atoms with Crippen LogP contribution in [0.25, 0.3) is 0 Å². The molecule has 2 N–H and O–H groups in total. The van der Waals surface area contributed by atoms with Crippen LogP contribution in [0.15, 0.2) is 47.5 Å². The number of rotatable bonds is 8. The van der Waals surface area contributed by atoms with Crippen molar-refractivity contribution >= 4 is 17.6 Å². The number of aromatic nitrogens is 2. The zero-order valence-electron chi connectivity index (χ0n) is 20.7. The Hall–Kier alpha value is -3.81. The van der Waals surface area contributed by atoms with Gasteiger partial charge in [-0.05, 0) is 70.5 Å². The van der Waals surface area contributed by atoms with E-state index in [2.05, 4.69) is 20.7 Å². The van der Waals surface area contributed by atoms with Gasteiger partial charge in [-0.3, -0.25) is 14.8 Å². The molecule has 0 aliphatic heterocycles. The van der Waals surface area contributed by atoms with Gasteiger partial charge in [0.05, 0.1) is 25.5 Å². The van der Waals surface area contributed by atoms with Gasteiger partial charge in [0.1, 0.15) is 0 Å². The maximum absolute atomic E-state index is 13.1. The summed E-state index contributed by atoms with van der Waals surface area (Å²) in [5.41, 5.74) is 5.36. The van der Waals surface area contributed by atoms with E-state index in [0.29, 0.717) is 42.8 Å². The molecule has 0 aliphatic rings. The number of anilines is 1. The fourth-order valence-electron chi connectivity index (χ4n) is 3.55. The minimum absolute atomic E-state index is 0.303. The Kier molecular flexibility index (Phi) is 8.29. The molecule has 180 valence electrons. The van der Waals surface area contributed by atoms with E-state index >= 15 is 0 Å². The quantitative estimate of drug-likeness (QED) is 0.378. The van der Waals surface area contributed by atoms with Crippen molar-refractivity contribution in [2.24, 2.45) is 12.0 Å². The zero-order chi connectivity index (χ0) is 24.7. The molecule has 2 aromatic carbocycles. The Labute approximate surface area is 201 Å². The van der Waals surface area contributed by atoms with Crippen LogP contribution < -0.4 is 20.1 Å². The first-order valence-corrected chi connectivity index (χ1v) is 11.4. The third-order valence-electron chi connectivity index (χ3n) is 5.37. The van der Waals surface area contributed by atoms with E-state index in [1.807, 2.05) is 70.6 Å². The van der Waals surface area contributed by atoms with Crippen LogP contribution in [-0.4, -0.2) is 34.9 Å². The second-order valence-electron chi connectivity index (χ2n) is 7.91. The van der Waals surface area contributed by atoms with Crippen molar-refractivity contribution in [2.45, 2.75) is 41.2 Å². The number of amides is 1. The molecule has 1 aromatic heterocycles. The number of benzene rings is 2. The molecule has 0 atom stereocenters. The second kappa shape index (κ2) is 11.4. The van der Waals surface area contributed by atoms with Crippen molar-refractivity contribution < 1.29 is 14.3 Å². The summed E-state index contributed by atoms with van der Waals surface area (Å²) < 4.78 is 13.1. The smallest absolute Gasteiger partial charge is 0.258 e. The fraction of sp³-hybridized carbons (Fsp3) is 0.346. The van der Waals surface area contributed by atoms with Crippen LogP contribution in [-0.2, 0) is 13.6 Å². The molecular weight excluding hydrogens is 430 g/mol. The molecule has 34 heavy (non-hydrogen) atoms. The topological polar surface area (TPSA) is 89.8 Å². The summed E-state index contributed by atoms with van der Waals surface area (Å²) in [5.74, 6) is 1.19. The van der Waals surface area contributed by atoms with Crippen LogP contribution in [0.3, 0.4) is 0 Å². The molecule has 0 unspecified atom stereocenters. The summed E-state index contributed by atoms with van der Waals surface area (Å²) in [6.45, 7) is 11.1. The van der Waals surface area contributed by atoms with Gasteiger partial charge in [-0.25, -0.2) is 4.99 Å². The van der Waals surface area contributed by atoms with E-state index in [4.69, 9.17) is 9.47 Å². The normalized spacial score (nSPS) is 11.3. The third-order valence-corrected chi connectivity index (χ3v) is 5.37. The number of carbonyl (C=O) groups excluding carboxylic acids is 1. The van der Waals surface area contributed by atoms with Gasteiger partial charge in [0.25, 0.3) is 5.91 Å². The Morgan fingerprint density at radius 1 is 1.03 bits per heavy atom. The largest absolute Gasteiger partial charge is 0.490 e. The molecule has 0 bridgehead atoms. The molecule has 0 spiro atoms. The number of aryl methyl sites for hydroxylation is 3. The van der Waals surface area contributed by atoms with E-state index in [1.54, 1.807) is 18.2 Å². The molecular formula is C26H33N5O3. The molecule has 0 aliphatic carbocycles. The molecule has 8 nitrogen and oxygen atoms in total. The average molecular weight is 464 g/mol. The third kappa shape index (κ3) is 6.15. The minimum Gasteiger partial charge on any atom is -0.490 e. The Morgan fingerprint density at radius 3 is 2.41 bits per heavy atom. The first kappa shape index (κ1) is 24.8. The average Bonchev–Trinajstić information content (AvgIpc) is 3.04. The number of hydrogen-bond donors (Lipinski definition) is 2. The maximum Gasteiger partial charge on any atom is 0.258 e. The van der Waals surface area contributed by atoms with Crippen LogP contribution in [0.5, 0.6) is 11.5 Å². The molecule has 1 heterocycles. The number of aliphatic imine (C=N–C) groups is 1. The molecule has 3 rings (SSSR count). The van der Waals surface area contributed by atoms with Gasteiger partial charge in [-0.2, -0.15) is 5.10 Å². The Balaban J connectivity index is 1.88. The molecule has 1 amide bonds. The number of guanidine groups is 1. The van der Waals surface area contributed by atoms with Crippen LogP contribution >= 0.6 is 0 Å². The van der Waals surface area contributed by atoms with Crippen LogP contribution in [0.2, 0.25) is 0 Å². The molecule has 0 radical (unpaired) electrons. The fourth-order valence-corrected chi connectivity index (χ4v) is 3.55. The van der Waals surface area contributed by atoms with E-state index in [-0.39, 0.29) is 5.91 Å². The van der Waals surface area contributed by atoms with E-state index in [1.165, 1.54) is 0 Å². The summed E-state index contributed by atoms with van der Waals surface area (Å²) >= 11 is 0. The number of carbonyl (C=O) groups is 1. The van der Waals surface area contributed by atoms with Gasteiger partial charge in [0.2, 0.25) is 5.96 Å². The maximum atomic E-state index is 13.1. The van der Waals surface area contributed by atoms with Crippen molar-refractivity contribution in [3.05, 3.63) is 70.5 Å². The molecule has 8 heteroatoms. The van der Waals surface area contributed by atoms with Crippen molar-refractivity contribution in [1.82, 2.24) is 15.1 Å². The SMILES string of the molecule is CCOc1ccc(C(=O)NC(=NCc2c(C)nn(C)c2C)Nc2cccc(C)c2)cc1OCC. The summed E-state index contributed by atoms with van der Waals surface area (Å²) in [6.07, 6.45) is 0. The molecule has 0 fully saturated rings. The second-order valence-corrected chi connectivity index (χ2v) is 7.91. The molecule has 3 aromatic rings. The highest BCUT2D eigenvalue weighted by Gasteiger charge is 2.15. The number of hydrogen-bond acceptors (Lipinski definition) is 5. The number of nitrogens with one attached hydrogen (secondary N) is 2. The highest BCUT2D eigenvalue weighted by Crippen LogP contribution is 2.28. The van der Waals surface area contributed by atoms with Gasteiger partial charge < -0.3 is 14.8 Å². The van der Waals surface area contributed by atoms with Gasteiger partial charge >= 0.3 is 0 Å². The summed E-state index contributed by atoms with van der Waals surface area (Å²) in [5, 5.41) is 10.6. The minimum atomic E-state index is -0.303. The lowest BCUT2D eigenvalue weighted by Crippen LogP contribution is -2.36. The van der Waals surface area contributed by atoms with Crippen LogP contribution in [0.4, 0.5) is 5.69 Å². The molecule has 0 saturated carbocycles. The van der Waals surface area contributed by atoms with Gasteiger partial charge in [-0.15, -0.1) is 0 Å². The predicted molar refractivity (Wildman–Crippen MR) is 135 cm³/mol. The first-order chi connectivity index (χ1) is 16.3. The van der Waals surface area contributed by atoms with E-state index in [9.17, 15) is 4.79 Å². The highest BCUT2D eigenvalue weighted by atomic mass is 16.5. The lowest BCUT2D eigenvalue weighted by molar-refractivity contribution is 0.0976. The van der Waals surface area contributed by atoms with Crippen LogP contribution in [0.1, 0.15) is 46.7 Å². The Morgan fingerprint density at radius 2 is 1.76 bits per heavy atom. The Bertz CT molecular complexity index is 1180. The standard InChI is InChI=1S/C26H33N5O3/c1-7-33-23-13-12-20(15-24(23)34-8-2)25(32)29-26(28-21-11-9-10-17(3)14-21)27-16-22-18(4)30-31(6)19(22)5/h9-15H,7-8,16H2,1-6H3,(H2,27,28,29,32). The van der Waals surface area contributed by atoms with Crippen molar-refractivity contribution in [1.29, 1.82) is 0 Å². The van der Waals surface area contributed by atoms with Crippen LogP contribution in [0, 0.1) is 20.8 Å².